The number of hydrogen-bond donors (Lipinski definition) is 0. The SMILES string of the molecule is CC(C)Sc1cccc(CN2CCN(C(C)C)CC2)c1. The van der Waals surface area contributed by atoms with E-state index < -0.39 is 0 Å². The zero-order valence-electron chi connectivity index (χ0n) is 13.3. The molecule has 1 saturated heterocycles. The lowest BCUT2D eigenvalue weighted by molar-refractivity contribution is 0.104. The Morgan fingerprint density at radius 1 is 1.05 bits per heavy atom. The van der Waals surface area contributed by atoms with E-state index in [0.29, 0.717) is 11.3 Å². The van der Waals surface area contributed by atoms with Crippen LogP contribution in [0.15, 0.2) is 29.2 Å². The third-order valence-corrected chi connectivity index (χ3v) is 4.81. The predicted molar refractivity (Wildman–Crippen MR) is 89.4 cm³/mol. The Morgan fingerprint density at radius 2 is 1.75 bits per heavy atom. The molecule has 1 aromatic carbocycles. The highest BCUT2D eigenvalue weighted by atomic mass is 32.2. The van der Waals surface area contributed by atoms with Gasteiger partial charge in [-0.3, -0.25) is 9.80 Å². The minimum absolute atomic E-state index is 0.653. The van der Waals surface area contributed by atoms with Gasteiger partial charge in [-0.15, -0.1) is 11.8 Å². The smallest absolute Gasteiger partial charge is 0.0235 e. The normalized spacial score (nSPS) is 18.1. The summed E-state index contributed by atoms with van der Waals surface area (Å²) in [5.74, 6) is 0. The zero-order chi connectivity index (χ0) is 14.5. The monoisotopic (exact) mass is 292 g/mol. The Morgan fingerprint density at radius 3 is 2.35 bits per heavy atom. The summed E-state index contributed by atoms with van der Waals surface area (Å²) < 4.78 is 0. The predicted octanol–water partition coefficient (Wildman–Crippen LogP) is 3.71. The fourth-order valence-corrected chi connectivity index (χ4v) is 3.61. The molecule has 0 atom stereocenters. The first-order valence-electron chi connectivity index (χ1n) is 7.76. The van der Waals surface area contributed by atoms with Crippen LogP contribution < -0.4 is 0 Å². The molecular formula is C17H28N2S. The van der Waals surface area contributed by atoms with E-state index in [-0.39, 0.29) is 0 Å². The van der Waals surface area contributed by atoms with Gasteiger partial charge in [0.25, 0.3) is 0 Å². The van der Waals surface area contributed by atoms with Crippen LogP contribution >= 0.6 is 11.8 Å². The van der Waals surface area contributed by atoms with Crippen LogP contribution in [-0.2, 0) is 6.54 Å². The molecule has 2 nitrogen and oxygen atoms in total. The zero-order valence-corrected chi connectivity index (χ0v) is 14.1. The summed E-state index contributed by atoms with van der Waals surface area (Å²) in [7, 11) is 0. The highest BCUT2D eigenvalue weighted by molar-refractivity contribution is 7.99. The second-order valence-corrected chi connectivity index (χ2v) is 7.87. The van der Waals surface area contributed by atoms with Crippen molar-refractivity contribution < 1.29 is 0 Å². The van der Waals surface area contributed by atoms with Gasteiger partial charge in [0.2, 0.25) is 0 Å². The molecule has 0 aliphatic carbocycles. The lowest BCUT2D eigenvalue weighted by atomic mass is 10.2. The lowest BCUT2D eigenvalue weighted by Gasteiger charge is -2.37. The Balaban J connectivity index is 1.88. The molecule has 1 fully saturated rings. The third-order valence-electron chi connectivity index (χ3n) is 3.81. The van der Waals surface area contributed by atoms with Crippen LogP contribution in [0.1, 0.15) is 33.3 Å². The van der Waals surface area contributed by atoms with Crippen LogP contribution in [0.2, 0.25) is 0 Å². The van der Waals surface area contributed by atoms with E-state index in [4.69, 9.17) is 0 Å². The summed E-state index contributed by atoms with van der Waals surface area (Å²) >= 11 is 1.95. The van der Waals surface area contributed by atoms with E-state index in [1.807, 2.05) is 11.8 Å². The van der Waals surface area contributed by atoms with Crippen LogP contribution in [0.3, 0.4) is 0 Å². The summed E-state index contributed by atoms with van der Waals surface area (Å²) in [6, 6.07) is 9.73. The summed E-state index contributed by atoms with van der Waals surface area (Å²) in [5, 5.41) is 0.653. The minimum atomic E-state index is 0.653. The van der Waals surface area contributed by atoms with Crippen molar-refractivity contribution in [1.29, 1.82) is 0 Å². The highest BCUT2D eigenvalue weighted by Crippen LogP contribution is 2.24. The molecule has 0 saturated carbocycles. The summed E-state index contributed by atoms with van der Waals surface area (Å²) in [6.07, 6.45) is 0. The van der Waals surface area contributed by atoms with Crippen molar-refractivity contribution in [1.82, 2.24) is 9.80 Å². The van der Waals surface area contributed by atoms with E-state index in [2.05, 4.69) is 61.8 Å². The molecule has 0 amide bonds. The van der Waals surface area contributed by atoms with Gasteiger partial charge >= 0.3 is 0 Å². The van der Waals surface area contributed by atoms with E-state index >= 15 is 0 Å². The molecule has 0 bridgehead atoms. The molecule has 2 rings (SSSR count). The van der Waals surface area contributed by atoms with Gasteiger partial charge < -0.3 is 0 Å². The maximum atomic E-state index is 2.58. The van der Waals surface area contributed by atoms with Gasteiger partial charge in [0, 0.05) is 48.9 Å². The van der Waals surface area contributed by atoms with Gasteiger partial charge in [-0.1, -0.05) is 26.0 Å². The van der Waals surface area contributed by atoms with Crippen LogP contribution in [0.5, 0.6) is 0 Å². The van der Waals surface area contributed by atoms with Crippen molar-refractivity contribution in [2.24, 2.45) is 0 Å². The van der Waals surface area contributed by atoms with Crippen molar-refractivity contribution in [3.05, 3.63) is 29.8 Å². The van der Waals surface area contributed by atoms with Gasteiger partial charge in [-0.05, 0) is 31.5 Å². The Hall–Kier alpha value is -0.510. The number of rotatable bonds is 5. The number of hydrogen-bond acceptors (Lipinski definition) is 3. The van der Waals surface area contributed by atoms with E-state index in [1.54, 1.807) is 0 Å². The fourth-order valence-electron chi connectivity index (χ4n) is 2.69. The second kappa shape index (κ2) is 7.48. The molecule has 0 spiro atoms. The Bertz CT molecular complexity index is 409. The minimum Gasteiger partial charge on any atom is -0.298 e. The van der Waals surface area contributed by atoms with Gasteiger partial charge in [0.15, 0.2) is 0 Å². The van der Waals surface area contributed by atoms with Crippen molar-refractivity contribution in [2.45, 2.75) is 50.4 Å². The first-order valence-corrected chi connectivity index (χ1v) is 8.64. The number of piperazine rings is 1. The van der Waals surface area contributed by atoms with Crippen molar-refractivity contribution >= 4 is 11.8 Å². The largest absolute Gasteiger partial charge is 0.298 e. The number of nitrogens with zero attached hydrogens (tertiary/aromatic N) is 2. The number of benzene rings is 1. The summed E-state index contributed by atoms with van der Waals surface area (Å²) in [6.45, 7) is 15.0. The standard InChI is InChI=1S/C17H28N2S/c1-14(2)19-10-8-18(9-11-19)13-16-6-5-7-17(12-16)20-15(3)4/h5-7,12,14-15H,8-11,13H2,1-4H3. The van der Waals surface area contributed by atoms with Gasteiger partial charge in [0.1, 0.15) is 0 Å². The Kier molecular flexibility index (Phi) is 5.94. The highest BCUT2D eigenvalue weighted by Gasteiger charge is 2.18. The average Bonchev–Trinajstić information content (AvgIpc) is 2.39. The summed E-state index contributed by atoms with van der Waals surface area (Å²) in [4.78, 5) is 6.55. The molecular weight excluding hydrogens is 264 g/mol. The molecule has 0 N–H and O–H groups in total. The summed E-state index contributed by atoms with van der Waals surface area (Å²) in [5.41, 5.74) is 1.45. The van der Waals surface area contributed by atoms with Crippen LogP contribution in [-0.4, -0.2) is 47.3 Å². The van der Waals surface area contributed by atoms with Gasteiger partial charge in [-0.2, -0.15) is 0 Å². The molecule has 1 heterocycles. The van der Waals surface area contributed by atoms with Crippen molar-refractivity contribution in [3.63, 3.8) is 0 Å². The molecule has 0 aromatic heterocycles. The quantitative estimate of drug-likeness (QED) is 0.764. The molecule has 1 aromatic rings. The van der Waals surface area contributed by atoms with Gasteiger partial charge in [-0.25, -0.2) is 0 Å². The first-order chi connectivity index (χ1) is 9.54. The Labute approximate surface area is 128 Å². The maximum Gasteiger partial charge on any atom is 0.0235 e. The molecule has 1 aliphatic heterocycles. The van der Waals surface area contributed by atoms with Crippen molar-refractivity contribution in [3.8, 4) is 0 Å². The van der Waals surface area contributed by atoms with Crippen LogP contribution in [0, 0.1) is 0 Å². The average molecular weight is 292 g/mol. The lowest BCUT2D eigenvalue weighted by Crippen LogP contribution is -2.48. The van der Waals surface area contributed by atoms with Crippen LogP contribution in [0.4, 0.5) is 0 Å². The third kappa shape index (κ3) is 4.80. The van der Waals surface area contributed by atoms with E-state index in [0.717, 1.165) is 6.54 Å². The van der Waals surface area contributed by atoms with Gasteiger partial charge in [0.05, 0.1) is 0 Å². The molecule has 0 unspecified atom stereocenters. The van der Waals surface area contributed by atoms with Crippen LogP contribution in [0.25, 0.3) is 0 Å². The second-order valence-electron chi connectivity index (χ2n) is 6.22. The molecule has 20 heavy (non-hydrogen) atoms. The number of thioether (sulfide) groups is 1. The fraction of sp³-hybridized carbons (Fsp3) is 0.647. The molecule has 0 radical (unpaired) electrons. The molecule has 3 heteroatoms. The van der Waals surface area contributed by atoms with E-state index in [9.17, 15) is 0 Å². The topological polar surface area (TPSA) is 6.48 Å². The molecule has 1 aliphatic rings. The van der Waals surface area contributed by atoms with Crippen molar-refractivity contribution in [2.75, 3.05) is 26.2 Å². The van der Waals surface area contributed by atoms with E-state index in [1.165, 1.54) is 36.6 Å². The molecule has 112 valence electrons. The first kappa shape index (κ1) is 15.9. The maximum absolute atomic E-state index is 2.58.